The van der Waals surface area contributed by atoms with E-state index in [4.69, 9.17) is 0 Å². The number of halogens is 2. The first-order valence-electron chi connectivity index (χ1n) is 7.18. The Morgan fingerprint density at radius 3 is 2.76 bits per heavy atom. The van der Waals surface area contributed by atoms with Crippen molar-refractivity contribution in [3.05, 3.63) is 47.5 Å². The highest BCUT2D eigenvalue weighted by Crippen LogP contribution is 2.15. The fourth-order valence-electron chi connectivity index (χ4n) is 2.41. The van der Waals surface area contributed by atoms with Crippen molar-refractivity contribution < 1.29 is 8.78 Å². The van der Waals surface area contributed by atoms with Crippen LogP contribution in [-0.2, 0) is 19.4 Å². The van der Waals surface area contributed by atoms with Crippen LogP contribution in [0.1, 0.15) is 25.2 Å². The molecule has 1 aromatic carbocycles. The van der Waals surface area contributed by atoms with Crippen LogP contribution >= 0.6 is 0 Å². The maximum absolute atomic E-state index is 13.8. The number of hydrogen-bond acceptors (Lipinski definition) is 3. The topological polar surface area (TPSA) is 42.7 Å². The van der Waals surface area contributed by atoms with Crippen LogP contribution in [0.5, 0.6) is 0 Å². The molecule has 6 heteroatoms. The van der Waals surface area contributed by atoms with E-state index in [-0.39, 0.29) is 6.04 Å². The molecule has 0 aliphatic carbocycles. The van der Waals surface area contributed by atoms with Gasteiger partial charge in [0.25, 0.3) is 0 Å². The Morgan fingerprint density at radius 2 is 2.05 bits per heavy atom. The zero-order valence-corrected chi connectivity index (χ0v) is 12.3. The Bertz CT molecular complexity index is 583. The molecule has 0 spiro atoms. The lowest BCUT2D eigenvalue weighted by Crippen LogP contribution is -2.34. The molecule has 114 valence electrons. The lowest BCUT2D eigenvalue weighted by molar-refractivity contribution is 0.462. The minimum Gasteiger partial charge on any atom is -0.313 e. The van der Waals surface area contributed by atoms with Gasteiger partial charge in [-0.2, -0.15) is 5.10 Å². The van der Waals surface area contributed by atoms with E-state index in [1.807, 2.05) is 18.5 Å². The molecule has 0 aliphatic heterocycles. The third-order valence-corrected chi connectivity index (χ3v) is 3.41. The van der Waals surface area contributed by atoms with E-state index in [1.54, 1.807) is 6.07 Å². The molecular formula is C15H20F2N4. The monoisotopic (exact) mass is 294 g/mol. The van der Waals surface area contributed by atoms with Gasteiger partial charge in [-0.15, -0.1) is 0 Å². The van der Waals surface area contributed by atoms with Crippen LogP contribution in [0.2, 0.25) is 0 Å². The molecule has 0 aliphatic rings. The zero-order valence-electron chi connectivity index (χ0n) is 12.3. The van der Waals surface area contributed by atoms with E-state index >= 15 is 0 Å². The summed E-state index contributed by atoms with van der Waals surface area (Å²) in [6.07, 6.45) is 2.55. The van der Waals surface area contributed by atoms with Crippen molar-refractivity contribution in [2.24, 2.45) is 0 Å². The first kappa shape index (κ1) is 15.6. The van der Waals surface area contributed by atoms with Crippen molar-refractivity contribution in [3.8, 4) is 0 Å². The van der Waals surface area contributed by atoms with Gasteiger partial charge in [0.1, 0.15) is 12.2 Å². The molecule has 4 nitrogen and oxygen atoms in total. The highest BCUT2D eigenvalue weighted by molar-refractivity contribution is 5.20. The predicted molar refractivity (Wildman–Crippen MR) is 76.9 cm³/mol. The first-order valence-corrected chi connectivity index (χ1v) is 7.18. The van der Waals surface area contributed by atoms with Gasteiger partial charge in [-0.3, -0.25) is 4.68 Å². The third kappa shape index (κ3) is 3.85. The van der Waals surface area contributed by atoms with Crippen molar-refractivity contribution in [1.82, 2.24) is 20.1 Å². The van der Waals surface area contributed by atoms with Gasteiger partial charge in [0, 0.05) is 19.0 Å². The van der Waals surface area contributed by atoms with Gasteiger partial charge < -0.3 is 5.32 Å². The van der Waals surface area contributed by atoms with E-state index < -0.39 is 11.6 Å². The number of aryl methyl sites for hydroxylation is 1. The second-order valence-corrected chi connectivity index (χ2v) is 4.87. The first-order chi connectivity index (χ1) is 10.2. The molecule has 0 bridgehead atoms. The van der Waals surface area contributed by atoms with Gasteiger partial charge >= 0.3 is 0 Å². The molecule has 0 radical (unpaired) electrons. The normalized spacial score (nSPS) is 12.6. The summed E-state index contributed by atoms with van der Waals surface area (Å²) < 4.78 is 28.9. The molecule has 0 amide bonds. The van der Waals surface area contributed by atoms with Crippen LogP contribution in [0.3, 0.4) is 0 Å². The molecule has 2 rings (SSSR count). The Hall–Kier alpha value is -1.82. The smallest absolute Gasteiger partial charge is 0.162 e. The summed E-state index contributed by atoms with van der Waals surface area (Å²) in [7, 11) is 0. The number of hydrogen-bond donors (Lipinski definition) is 1. The Labute approximate surface area is 123 Å². The van der Waals surface area contributed by atoms with Gasteiger partial charge in [-0.05, 0) is 31.5 Å². The summed E-state index contributed by atoms with van der Waals surface area (Å²) in [6.45, 7) is 5.47. The SMILES string of the molecule is CCNC(Cc1cccc(F)c1F)Cc1ncnn1CC. The molecule has 21 heavy (non-hydrogen) atoms. The molecule has 0 saturated carbocycles. The number of rotatable bonds is 7. The van der Waals surface area contributed by atoms with Crippen molar-refractivity contribution in [1.29, 1.82) is 0 Å². The van der Waals surface area contributed by atoms with Crippen LogP contribution in [0.4, 0.5) is 8.78 Å². The largest absolute Gasteiger partial charge is 0.313 e. The molecule has 1 unspecified atom stereocenters. The molecule has 1 heterocycles. The summed E-state index contributed by atoms with van der Waals surface area (Å²) in [4.78, 5) is 4.23. The maximum atomic E-state index is 13.8. The van der Waals surface area contributed by atoms with E-state index in [1.165, 1.54) is 12.4 Å². The Morgan fingerprint density at radius 1 is 1.24 bits per heavy atom. The predicted octanol–water partition coefficient (Wildman–Crippen LogP) is 2.34. The minimum atomic E-state index is -0.806. The van der Waals surface area contributed by atoms with E-state index in [0.717, 1.165) is 25.0 Å². The van der Waals surface area contributed by atoms with Crippen LogP contribution in [-0.4, -0.2) is 27.4 Å². The van der Waals surface area contributed by atoms with Crippen LogP contribution < -0.4 is 5.32 Å². The van der Waals surface area contributed by atoms with Crippen LogP contribution in [0.25, 0.3) is 0 Å². The number of aromatic nitrogens is 3. The lowest BCUT2D eigenvalue weighted by Gasteiger charge is -2.18. The quantitative estimate of drug-likeness (QED) is 0.852. The number of benzene rings is 1. The van der Waals surface area contributed by atoms with Gasteiger partial charge in [0.15, 0.2) is 11.6 Å². The van der Waals surface area contributed by atoms with Gasteiger partial charge in [-0.25, -0.2) is 13.8 Å². The molecular weight excluding hydrogens is 274 g/mol. The van der Waals surface area contributed by atoms with Gasteiger partial charge in [0.2, 0.25) is 0 Å². The van der Waals surface area contributed by atoms with Crippen molar-refractivity contribution in [2.45, 2.75) is 39.3 Å². The van der Waals surface area contributed by atoms with Crippen molar-refractivity contribution in [2.75, 3.05) is 6.54 Å². The summed E-state index contributed by atoms with van der Waals surface area (Å²) in [5, 5.41) is 7.43. The van der Waals surface area contributed by atoms with E-state index in [2.05, 4.69) is 15.4 Å². The molecule has 0 fully saturated rings. The Kier molecular flexibility index (Phi) is 5.38. The highest BCUT2D eigenvalue weighted by atomic mass is 19.2. The van der Waals surface area contributed by atoms with E-state index in [9.17, 15) is 8.78 Å². The van der Waals surface area contributed by atoms with Crippen LogP contribution in [0, 0.1) is 11.6 Å². The molecule has 0 saturated heterocycles. The Balaban J connectivity index is 2.14. The molecule has 1 N–H and O–H groups in total. The average Bonchev–Trinajstić information content (AvgIpc) is 2.91. The highest BCUT2D eigenvalue weighted by Gasteiger charge is 2.16. The zero-order chi connectivity index (χ0) is 15.2. The third-order valence-electron chi connectivity index (χ3n) is 3.41. The molecule has 1 aromatic heterocycles. The fraction of sp³-hybridized carbons (Fsp3) is 0.467. The van der Waals surface area contributed by atoms with Gasteiger partial charge in [0.05, 0.1) is 0 Å². The summed E-state index contributed by atoms with van der Waals surface area (Å²) >= 11 is 0. The maximum Gasteiger partial charge on any atom is 0.162 e. The molecule has 1 atom stereocenters. The standard InChI is InChI=1S/C15H20F2N4/c1-3-18-12(9-14-19-10-20-21(14)4-2)8-11-6-5-7-13(16)15(11)17/h5-7,10,12,18H,3-4,8-9H2,1-2H3. The summed E-state index contributed by atoms with van der Waals surface area (Å²) in [6, 6.07) is 4.27. The van der Waals surface area contributed by atoms with Crippen molar-refractivity contribution in [3.63, 3.8) is 0 Å². The number of nitrogens with one attached hydrogen (secondary N) is 1. The van der Waals surface area contributed by atoms with Gasteiger partial charge in [-0.1, -0.05) is 19.1 Å². The summed E-state index contributed by atoms with van der Waals surface area (Å²) in [5.74, 6) is -0.725. The minimum absolute atomic E-state index is 0.0131. The molecule has 2 aromatic rings. The second-order valence-electron chi connectivity index (χ2n) is 4.87. The van der Waals surface area contributed by atoms with Crippen molar-refractivity contribution >= 4 is 0 Å². The number of nitrogens with zero attached hydrogens (tertiary/aromatic N) is 3. The fourth-order valence-corrected chi connectivity index (χ4v) is 2.41. The average molecular weight is 294 g/mol. The van der Waals surface area contributed by atoms with Crippen LogP contribution in [0.15, 0.2) is 24.5 Å². The van der Waals surface area contributed by atoms with E-state index in [0.29, 0.717) is 18.4 Å². The second kappa shape index (κ2) is 7.26. The number of likely N-dealkylation sites (N-methyl/N-ethyl adjacent to an activating group) is 1. The lowest BCUT2D eigenvalue weighted by atomic mass is 10.0. The summed E-state index contributed by atoms with van der Waals surface area (Å²) in [5.41, 5.74) is 0.378.